The van der Waals surface area contributed by atoms with Crippen LogP contribution < -0.4 is 5.32 Å². The standard InChI is InChI=1S/C18H14Cl2N2O/c1-11-6-7-14(8-12(11)2)22-18(23)13(10-21)9-15-16(19)4-3-5-17(15)20/h3-9H,1-2H3,(H,22,23)/b13-9-. The molecule has 1 amide bonds. The van der Waals surface area contributed by atoms with Crippen molar-refractivity contribution in [2.45, 2.75) is 13.8 Å². The summed E-state index contributed by atoms with van der Waals surface area (Å²) in [6.45, 7) is 3.94. The zero-order valence-electron chi connectivity index (χ0n) is 12.7. The van der Waals surface area contributed by atoms with Gasteiger partial charge in [-0.25, -0.2) is 0 Å². The predicted molar refractivity (Wildman–Crippen MR) is 94.6 cm³/mol. The third-order valence-electron chi connectivity index (χ3n) is 3.42. The van der Waals surface area contributed by atoms with Gasteiger partial charge in [0.1, 0.15) is 11.6 Å². The number of anilines is 1. The van der Waals surface area contributed by atoms with Gasteiger partial charge in [0.2, 0.25) is 0 Å². The lowest BCUT2D eigenvalue weighted by molar-refractivity contribution is -0.112. The van der Waals surface area contributed by atoms with E-state index in [1.165, 1.54) is 6.08 Å². The summed E-state index contributed by atoms with van der Waals surface area (Å²) >= 11 is 12.1. The molecule has 1 N–H and O–H groups in total. The van der Waals surface area contributed by atoms with Gasteiger partial charge in [-0.2, -0.15) is 5.26 Å². The molecule has 0 spiro atoms. The Morgan fingerprint density at radius 1 is 1.13 bits per heavy atom. The summed E-state index contributed by atoms with van der Waals surface area (Å²) in [4.78, 5) is 12.3. The zero-order chi connectivity index (χ0) is 17.0. The quantitative estimate of drug-likeness (QED) is 0.617. The van der Waals surface area contributed by atoms with Crippen molar-refractivity contribution in [1.82, 2.24) is 0 Å². The average molecular weight is 345 g/mol. The highest BCUT2D eigenvalue weighted by Crippen LogP contribution is 2.27. The van der Waals surface area contributed by atoms with Crippen LogP contribution >= 0.6 is 23.2 Å². The summed E-state index contributed by atoms with van der Waals surface area (Å²) in [5.74, 6) is -0.508. The van der Waals surface area contributed by atoms with Crippen LogP contribution in [0.1, 0.15) is 16.7 Å². The molecule has 2 rings (SSSR count). The largest absolute Gasteiger partial charge is 0.321 e. The number of hydrogen-bond acceptors (Lipinski definition) is 2. The van der Waals surface area contributed by atoms with E-state index in [4.69, 9.17) is 23.2 Å². The predicted octanol–water partition coefficient (Wildman–Crippen LogP) is 5.16. The maximum absolute atomic E-state index is 12.3. The number of benzene rings is 2. The van der Waals surface area contributed by atoms with E-state index in [9.17, 15) is 10.1 Å². The van der Waals surface area contributed by atoms with Gasteiger partial charge in [0.05, 0.1) is 0 Å². The molecule has 0 bridgehead atoms. The molecule has 3 nitrogen and oxygen atoms in total. The van der Waals surface area contributed by atoms with Crippen molar-refractivity contribution in [1.29, 1.82) is 5.26 Å². The van der Waals surface area contributed by atoms with Gasteiger partial charge < -0.3 is 5.32 Å². The Morgan fingerprint density at radius 3 is 2.35 bits per heavy atom. The number of rotatable bonds is 3. The Morgan fingerprint density at radius 2 is 1.78 bits per heavy atom. The molecule has 0 unspecified atom stereocenters. The summed E-state index contributed by atoms with van der Waals surface area (Å²) in [5.41, 5.74) is 3.19. The highest BCUT2D eigenvalue weighted by atomic mass is 35.5. The lowest BCUT2D eigenvalue weighted by Crippen LogP contribution is -2.13. The van der Waals surface area contributed by atoms with E-state index in [2.05, 4.69) is 5.32 Å². The molecule has 2 aromatic carbocycles. The maximum atomic E-state index is 12.3. The molecule has 0 radical (unpaired) electrons. The second-order valence-corrected chi connectivity index (χ2v) is 5.87. The average Bonchev–Trinajstić information content (AvgIpc) is 2.50. The number of halogens is 2. The summed E-state index contributed by atoms with van der Waals surface area (Å²) in [7, 11) is 0. The van der Waals surface area contributed by atoms with Crippen molar-refractivity contribution in [3.8, 4) is 6.07 Å². The van der Waals surface area contributed by atoms with Crippen LogP contribution in [0.5, 0.6) is 0 Å². The first-order valence-electron chi connectivity index (χ1n) is 6.87. The van der Waals surface area contributed by atoms with Crippen molar-refractivity contribution < 1.29 is 4.79 Å². The molecule has 116 valence electrons. The second kappa shape index (κ2) is 7.32. The molecule has 0 aliphatic heterocycles. The molecular formula is C18H14Cl2N2O. The van der Waals surface area contributed by atoms with E-state index in [-0.39, 0.29) is 5.57 Å². The number of carbonyl (C=O) groups excluding carboxylic acids is 1. The molecule has 0 fully saturated rings. The second-order valence-electron chi connectivity index (χ2n) is 5.06. The van der Waals surface area contributed by atoms with Crippen LogP contribution in [0.25, 0.3) is 6.08 Å². The third-order valence-corrected chi connectivity index (χ3v) is 4.08. The Hall–Kier alpha value is -2.28. The lowest BCUT2D eigenvalue weighted by Gasteiger charge is -2.08. The van der Waals surface area contributed by atoms with Crippen LogP contribution in [0.3, 0.4) is 0 Å². The molecule has 0 saturated carbocycles. The van der Waals surface area contributed by atoms with Crippen LogP contribution in [0.15, 0.2) is 42.0 Å². The monoisotopic (exact) mass is 344 g/mol. The SMILES string of the molecule is Cc1ccc(NC(=O)/C(C#N)=C\c2c(Cl)cccc2Cl)cc1C. The van der Waals surface area contributed by atoms with Gasteiger partial charge in [0.15, 0.2) is 0 Å². The van der Waals surface area contributed by atoms with E-state index >= 15 is 0 Å². The van der Waals surface area contributed by atoms with Gasteiger partial charge in [-0.05, 0) is 55.3 Å². The highest BCUT2D eigenvalue weighted by molar-refractivity contribution is 6.37. The number of nitriles is 1. The minimum atomic E-state index is -0.508. The van der Waals surface area contributed by atoms with E-state index in [1.54, 1.807) is 24.3 Å². The first-order valence-corrected chi connectivity index (χ1v) is 7.62. The molecule has 2 aromatic rings. The number of nitrogens with zero attached hydrogens (tertiary/aromatic N) is 1. The minimum Gasteiger partial charge on any atom is -0.321 e. The molecular weight excluding hydrogens is 331 g/mol. The van der Waals surface area contributed by atoms with Gasteiger partial charge in [-0.1, -0.05) is 35.3 Å². The van der Waals surface area contributed by atoms with E-state index in [0.717, 1.165) is 11.1 Å². The first-order chi connectivity index (χ1) is 10.9. The topological polar surface area (TPSA) is 52.9 Å². The van der Waals surface area contributed by atoms with Crippen LogP contribution in [0, 0.1) is 25.2 Å². The summed E-state index contributed by atoms with van der Waals surface area (Å²) in [6.07, 6.45) is 1.39. The van der Waals surface area contributed by atoms with Gasteiger partial charge in [0.25, 0.3) is 5.91 Å². The van der Waals surface area contributed by atoms with Crippen LogP contribution in [0.2, 0.25) is 10.0 Å². The van der Waals surface area contributed by atoms with Crippen LogP contribution in [-0.4, -0.2) is 5.91 Å². The fourth-order valence-corrected chi connectivity index (χ4v) is 2.47. The Labute approximate surface area is 145 Å². The Balaban J connectivity index is 2.30. The van der Waals surface area contributed by atoms with Crippen LogP contribution in [0.4, 0.5) is 5.69 Å². The normalized spacial score (nSPS) is 11.0. The number of nitrogens with one attached hydrogen (secondary N) is 1. The highest BCUT2D eigenvalue weighted by Gasteiger charge is 2.12. The third kappa shape index (κ3) is 4.13. The van der Waals surface area contributed by atoms with E-state index < -0.39 is 5.91 Å². The van der Waals surface area contributed by atoms with Crippen molar-refractivity contribution >= 4 is 40.9 Å². The van der Waals surface area contributed by atoms with Crippen molar-refractivity contribution in [2.24, 2.45) is 0 Å². The van der Waals surface area contributed by atoms with Gasteiger partial charge >= 0.3 is 0 Å². The lowest BCUT2D eigenvalue weighted by atomic mass is 10.1. The molecule has 0 atom stereocenters. The molecule has 23 heavy (non-hydrogen) atoms. The maximum Gasteiger partial charge on any atom is 0.266 e. The van der Waals surface area contributed by atoms with Crippen LogP contribution in [-0.2, 0) is 4.79 Å². The summed E-state index contributed by atoms with van der Waals surface area (Å²) in [5, 5.41) is 12.7. The van der Waals surface area contributed by atoms with E-state index in [1.807, 2.05) is 32.0 Å². The Bertz CT molecular complexity index is 815. The summed E-state index contributed by atoms with van der Waals surface area (Å²) in [6, 6.07) is 12.4. The number of amides is 1. The molecule has 0 aliphatic carbocycles. The van der Waals surface area contributed by atoms with E-state index in [0.29, 0.717) is 21.3 Å². The molecule has 0 saturated heterocycles. The number of carbonyl (C=O) groups is 1. The molecule has 0 aliphatic rings. The van der Waals surface area contributed by atoms with Gasteiger partial charge in [-0.3, -0.25) is 4.79 Å². The van der Waals surface area contributed by atoms with Crippen molar-refractivity contribution in [3.63, 3.8) is 0 Å². The zero-order valence-corrected chi connectivity index (χ0v) is 14.2. The Kier molecular flexibility index (Phi) is 5.44. The minimum absolute atomic E-state index is 0.0711. The van der Waals surface area contributed by atoms with Crippen molar-refractivity contribution in [2.75, 3.05) is 5.32 Å². The number of aryl methyl sites for hydroxylation is 2. The fourth-order valence-electron chi connectivity index (χ4n) is 1.96. The summed E-state index contributed by atoms with van der Waals surface area (Å²) < 4.78 is 0. The fraction of sp³-hybridized carbons (Fsp3) is 0.111. The van der Waals surface area contributed by atoms with Gasteiger partial charge in [-0.15, -0.1) is 0 Å². The first kappa shape index (κ1) is 17.1. The number of hydrogen-bond donors (Lipinski definition) is 1. The van der Waals surface area contributed by atoms with Crippen molar-refractivity contribution in [3.05, 3.63) is 68.7 Å². The van der Waals surface area contributed by atoms with Gasteiger partial charge in [0, 0.05) is 21.3 Å². The molecule has 0 aromatic heterocycles. The molecule has 5 heteroatoms. The molecule has 0 heterocycles. The smallest absolute Gasteiger partial charge is 0.266 e.